The van der Waals surface area contributed by atoms with Gasteiger partial charge in [-0.05, 0) is 44.6 Å². The fourth-order valence-corrected chi connectivity index (χ4v) is 4.40. The predicted molar refractivity (Wildman–Crippen MR) is 88.6 cm³/mol. The van der Waals surface area contributed by atoms with Crippen LogP contribution in [0.1, 0.15) is 61.6 Å². The second-order valence-corrected chi connectivity index (χ2v) is 6.77. The van der Waals surface area contributed by atoms with Crippen LogP contribution in [0.4, 0.5) is 0 Å². The maximum Gasteiger partial charge on any atom is 0.314 e. The van der Waals surface area contributed by atoms with Crippen molar-refractivity contribution in [2.45, 2.75) is 63.2 Å². The Balaban J connectivity index is 2.23. The monoisotopic (exact) mass is 318 g/mol. The molecule has 1 N–H and O–H groups in total. The summed E-state index contributed by atoms with van der Waals surface area (Å²) in [6, 6.07) is 1.95. The summed E-state index contributed by atoms with van der Waals surface area (Å²) >= 11 is 0. The third-order valence-corrected chi connectivity index (χ3v) is 5.62. The lowest BCUT2D eigenvalue weighted by atomic mass is 9.68. The molecule has 0 amide bonds. The zero-order valence-corrected chi connectivity index (χ0v) is 14.1. The molecule has 4 nitrogen and oxygen atoms in total. The smallest absolute Gasteiger partial charge is 0.314 e. The van der Waals surface area contributed by atoms with Gasteiger partial charge in [0, 0.05) is 16.7 Å². The van der Waals surface area contributed by atoms with E-state index in [9.17, 15) is 9.90 Å². The molecule has 4 heteroatoms. The Bertz CT molecular complexity index is 600. The third kappa shape index (κ3) is 2.58. The summed E-state index contributed by atoms with van der Waals surface area (Å²) < 4.78 is 11.4. The maximum absolute atomic E-state index is 12.2. The molecule has 0 unspecified atom stereocenters. The molecule has 23 heavy (non-hydrogen) atoms. The number of ether oxygens (including phenoxy) is 2. The Labute approximate surface area is 137 Å². The minimum Gasteiger partial charge on any atom is -0.496 e. The molecule has 2 aliphatic rings. The van der Waals surface area contributed by atoms with E-state index in [1.54, 1.807) is 14.2 Å². The number of benzene rings is 1. The van der Waals surface area contributed by atoms with E-state index >= 15 is 0 Å². The number of carboxylic acid groups (broad SMARTS) is 1. The van der Waals surface area contributed by atoms with Crippen molar-refractivity contribution in [2.24, 2.45) is 0 Å². The number of methoxy groups -OCH3 is 2. The molecule has 2 aliphatic carbocycles. The Hall–Kier alpha value is -1.71. The van der Waals surface area contributed by atoms with Crippen LogP contribution in [-0.2, 0) is 23.1 Å². The molecule has 0 spiro atoms. The van der Waals surface area contributed by atoms with Crippen molar-refractivity contribution in [3.8, 4) is 11.5 Å². The van der Waals surface area contributed by atoms with Gasteiger partial charge in [0.05, 0.1) is 19.6 Å². The summed E-state index contributed by atoms with van der Waals surface area (Å²) in [6.45, 7) is 0. The molecule has 0 aliphatic heterocycles. The predicted octanol–water partition coefficient (Wildman–Crippen LogP) is 3.87. The average molecular weight is 318 g/mol. The standard InChI is InChI=1S/C19H26O4/c1-22-16-12-15(19(18(20)21)10-6-3-7-11-19)17(23-2)14-9-5-4-8-13(14)16/h12H,3-11H2,1-2H3,(H,20,21). The topological polar surface area (TPSA) is 55.8 Å². The van der Waals surface area contributed by atoms with Gasteiger partial charge in [0.25, 0.3) is 0 Å². The molecule has 0 bridgehead atoms. The molecule has 0 aromatic heterocycles. The largest absolute Gasteiger partial charge is 0.496 e. The van der Waals surface area contributed by atoms with E-state index in [4.69, 9.17) is 9.47 Å². The summed E-state index contributed by atoms with van der Waals surface area (Å²) in [7, 11) is 3.34. The summed E-state index contributed by atoms with van der Waals surface area (Å²) in [6.07, 6.45) is 8.57. The van der Waals surface area contributed by atoms with E-state index in [1.165, 1.54) is 11.1 Å². The van der Waals surface area contributed by atoms with Gasteiger partial charge in [0.2, 0.25) is 0 Å². The van der Waals surface area contributed by atoms with Gasteiger partial charge in [-0.3, -0.25) is 4.79 Å². The summed E-state index contributed by atoms with van der Waals surface area (Å²) in [5.41, 5.74) is 2.36. The first-order valence-corrected chi connectivity index (χ1v) is 8.64. The molecular weight excluding hydrogens is 292 g/mol. The van der Waals surface area contributed by atoms with Crippen LogP contribution in [0.25, 0.3) is 0 Å². The van der Waals surface area contributed by atoms with Gasteiger partial charge in [-0.1, -0.05) is 19.3 Å². The van der Waals surface area contributed by atoms with E-state index in [0.29, 0.717) is 12.8 Å². The van der Waals surface area contributed by atoms with E-state index < -0.39 is 11.4 Å². The SMILES string of the molecule is COc1cc(C2(C(=O)O)CCCCC2)c(OC)c2c1CCCC2. The third-order valence-electron chi connectivity index (χ3n) is 5.62. The van der Waals surface area contributed by atoms with Crippen molar-refractivity contribution in [1.82, 2.24) is 0 Å². The number of hydrogen-bond acceptors (Lipinski definition) is 3. The molecular formula is C19H26O4. The molecule has 3 rings (SSSR count). The van der Waals surface area contributed by atoms with Gasteiger partial charge in [0.15, 0.2) is 0 Å². The van der Waals surface area contributed by atoms with E-state index in [-0.39, 0.29) is 0 Å². The minimum absolute atomic E-state index is 0.681. The summed E-state index contributed by atoms with van der Waals surface area (Å²) in [4.78, 5) is 12.2. The van der Waals surface area contributed by atoms with E-state index in [1.807, 2.05) is 6.07 Å². The van der Waals surface area contributed by atoms with E-state index in [0.717, 1.165) is 62.0 Å². The molecule has 0 atom stereocenters. The van der Waals surface area contributed by atoms with Crippen molar-refractivity contribution in [3.05, 3.63) is 22.8 Å². The number of aliphatic carboxylic acids is 1. The normalized spacial score (nSPS) is 19.7. The number of carbonyl (C=O) groups is 1. The van der Waals surface area contributed by atoms with Gasteiger partial charge in [-0.25, -0.2) is 0 Å². The van der Waals surface area contributed by atoms with Crippen LogP contribution < -0.4 is 9.47 Å². The van der Waals surface area contributed by atoms with Crippen LogP contribution in [-0.4, -0.2) is 25.3 Å². The van der Waals surface area contributed by atoms with Crippen LogP contribution >= 0.6 is 0 Å². The van der Waals surface area contributed by atoms with Crippen molar-refractivity contribution in [1.29, 1.82) is 0 Å². The van der Waals surface area contributed by atoms with Crippen LogP contribution in [0.3, 0.4) is 0 Å². The fraction of sp³-hybridized carbons (Fsp3) is 0.632. The molecule has 1 fully saturated rings. The molecule has 0 heterocycles. The van der Waals surface area contributed by atoms with Gasteiger partial charge in [-0.15, -0.1) is 0 Å². The highest BCUT2D eigenvalue weighted by Crippen LogP contribution is 2.48. The van der Waals surface area contributed by atoms with Crippen molar-refractivity contribution in [2.75, 3.05) is 14.2 Å². The van der Waals surface area contributed by atoms with Gasteiger partial charge in [-0.2, -0.15) is 0 Å². The summed E-state index contributed by atoms with van der Waals surface area (Å²) in [5.74, 6) is 0.903. The Morgan fingerprint density at radius 1 is 1.00 bits per heavy atom. The quantitative estimate of drug-likeness (QED) is 0.915. The first-order chi connectivity index (χ1) is 11.1. The Kier molecular flexibility index (Phi) is 4.51. The first-order valence-electron chi connectivity index (χ1n) is 8.64. The maximum atomic E-state index is 12.2. The molecule has 1 aromatic rings. The molecule has 126 valence electrons. The van der Waals surface area contributed by atoms with Crippen LogP contribution in [0.2, 0.25) is 0 Å². The highest BCUT2D eigenvalue weighted by Gasteiger charge is 2.44. The number of fused-ring (bicyclic) bond motifs is 1. The lowest BCUT2D eigenvalue weighted by molar-refractivity contribution is -0.145. The van der Waals surface area contributed by atoms with Crippen LogP contribution in [0, 0.1) is 0 Å². The number of hydrogen-bond donors (Lipinski definition) is 1. The van der Waals surface area contributed by atoms with Crippen molar-refractivity contribution in [3.63, 3.8) is 0 Å². The number of carboxylic acids is 1. The van der Waals surface area contributed by atoms with E-state index in [2.05, 4.69) is 0 Å². The van der Waals surface area contributed by atoms with Crippen molar-refractivity contribution < 1.29 is 19.4 Å². The zero-order chi connectivity index (χ0) is 16.4. The molecule has 0 saturated heterocycles. The lowest BCUT2D eigenvalue weighted by Gasteiger charge is -2.36. The molecule has 1 saturated carbocycles. The highest BCUT2D eigenvalue weighted by molar-refractivity contribution is 5.83. The number of rotatable bonds is 4. The van der Waals surface area contributed by atoms with Crippen molar-refractivity contribution >= 4 is 5.97 Å². The lowest BCUT2D eigenvalue weighted by Crippen LogP contribution is -2.38. The minimum atomic E-state index is -0.830. The van der Waals surface area contributed by atoms with Gasteiger partial charge < -0.3 is 14.6 Å². The Morgan fingerprint density at radius 3 is 2.22 bits per heavy atom. The molecule has 0 radical (unpaired) electrons. The average Bonchev–Trinajstić information content (AvgIpc) is 2.60. The summed E-state index contributed by atoms with van der Waals surface area (Å²) in [5, 5.41) is 10.0. The molecule has 1 aromatic carbocycles. The fourth-order valence-electron chi connectivity index (χ4n) is 4.40. The highest BCUT2D eigenvalue weighted by atomic mass is 16.5. The Morgan fingerprint density at radius 2 is 1.65 bits per heavy atom. The second kappa shape index (κ2) is 6.42. The second-order valence-electron chi connectivity index (χ2n) is 6.77. The van der Waals surface area contributed by atoms with Crippen LogP contribution in [0.15, 0.2) is 6.07 Å². The van der Waals surface area contributed by atoms with Crippen LogP contribution in [0.5, 0.6) is 11.5 Å². The zero-order valence-electron chi connectivity index (χ0n) is 14.1. The van der Waals surface area contributed by atoms with Gasteiger partial charge >= 0.3 is 5.97 Å². The van der Waals surface area contributed by atoms with Gasteiger partial charge in [0.1, 0.15) is 11.5 Å². The first kappa shape index (κ1) is 16.2.